The van der Waals surface area contributed by atoms with Gasteiger partial charge in [-0.3, -0.25) is 5.32 Å². The molecule has 0 aromatic carbocycles. The zero-order chi connectivity index (χ0) is 8.27. The molecule has 0 aliphatic carbocycles. The van der Waals surface area contributed by atoms with Crippen LogP contribution in [-0.2, 0) is 4.74 Å². The standard InChI is InChI=1S/C7H15NO3/c1-8-7-3-5(10)2-6(4-9)11-7/h5-10H,2-4H2,1H3. The molecule has 0 amide bonds. The Hall–Kier alpha value is -0.160. The first-order chi connectivity index (χ1) is 5.26. The van der Waals surface area contributed by atoms with E-state index in [1.807, 2.05) is 0 Å². The maximum absolute atomic E-state index is 9.28. The molecule has 3 N–H and O–H groups in total. The number of hydrogen-bond donors (Lipinski definition) is 3. The van der Waals surface area contributed by atoms with E-state index in [1.165, 1.54) is 0 Å². The molecule has 1 rings (SSSR count). The van der Waals surface area contributed by atoms with Crippen molar-refractivity contribution in [3.63, 3.8) is 0 Å². The van der Waals surface area contributed by atoms with Crippen molar-refractivity contribution in [3.8, 4) is 0 Å². The molecule has 1 aliphatic rings. The molecule has 0 aromatic heterocycles. The van der Waals surface area contributed by atoms with Crippen molar-refractivity contribution in [2.45, 2.75) is 31.3 Å². The monoisotopic (exact) mass is 161 g/mol. The summed E-state index contributed by atoms with van der Waals surface area (Å²) in [6.07, 6.45) is 0.465. The molecule has 1 heterocycles. The predicted octanol–water partition coefficient (Wildman–Crippen LogP) is -0.936. The topological polar surface area (TPSA) is 61.7 Å². The van der Waals surface area contributed by atoms with E-state index >= 15 is 0 Å². The van der Waals surface area contributed by atoms with Crippen LogP contribution in [0.3, 0.4) is 0 Å². The van der Waals surface area contributed by atoms with Crippen molar-refractivity contribution < 1.29 is 14.9 Å². The lowest BCUT2D eigenvalue weighted by atomic mass is 10.1. The van der Waals surface area contributed by atoms with Gasteiger partial charge >= 0.3 is 0 Å². The fourth-order valence-corrected chi connectivity index (χ4v) is 1.29. The van der Waals surface area contributed by atoms with Crippen molar-refractivity contribution in [1.82, 2.24) is 5.32 Å². The van der Waals surface area contributed by atoms with Crippen LogP contribution in [0.2, 0.25) is 0 Å². The van der Waals surface area contributed by atoms with Gasteiger partial charge in [0.1, 0.15) is 6.23 Å². The fourth-order valence-electron chi connectivity index (χ4n) is 1.29. The molecule has 3 unspecified atom stereocenters. The highest BCUT2D eigenvalue weighted by Gasteiger charge is 2.26. The Balaban J connectivity index is 2.37. The van der Waals surface area contributed by atoms with Crippen molar-refractivity contribution in [1.29, 1.82) is 0 Å². The largest absolute Gasteiger partial charge is 0.394 e. The minimum atomic E-state index is -0.349. The second kappa shape index (κ2) is 4.01. The van der Waals surface area contributed by atoms with Crippen LogP contribution in [0.1, 0.15) is 12.8 Å². The molecule has 0 aromatic rings. The molecule has 0 saturated carbocycles. The predicted molar refractivity (Wildman–Crippen MR) is 40.0 cm³/mol. The smallest absolute Gasteiger partial charge is 0.110 e. The van der Waals surface area contributed by atoms with Crippen molar-refractivity contribution in [2.75, 3.05) is 13.7 Å². The Kier molecular flexibility index (Phi) is 3.26. The second-order valence-corrected chi connectivity index (χ2v) is 2.84. The maximum Gasteiger partial charge on any atom is 0.110 e. The van der Waals surface area contributed by atoms with E-state index in [2.05, 4.69) is 5.32 Å². The van der Waals surface area contributed by atoms with Gasteiger partial charge in [-0.15, -0.1) is 0 Å². The number of aliphatic hydroxyl groups excluding tert-OH is 2. The Morgan fingerprint density at radius 2 is 2.27 bits per heavy atom. The molecule has 1 fully saturated rings. The summed E-state index contributed by atoms with van der Waals surface area (Å²) in [6.45, 7) is -0.0186. The number of ether oxygens (including phenoxy) is 1. The summed E-state index contributed by atoms with van der Waals surface area (Å²) < 4.78 is 5.33. The lowest BCUT2D eigenvalue weighted by molar-refractivity contribution is -0.120. The van der Waals surface area contributed by atoms with Gasteiger partial charge in [-0.25, -0.2) is 0 Å². The first-order valence-corrected chi connectivity index (χ1v) is 3.88. The van der Waals surface area contributed by atoms with Gasteiger partial charge in [0.05, 0.1) is 18.8 Å². The van der Waals surface area contributed by atoms with Crippen LogP contribution in [0.5, 0.6) is 0 Å². The molecule has 0 bridgehead atoms. The zero-order valence-corrected chi connectivity index (χ0v) is 6.66. The average molecular weight is 161 g/mol. The summed E-state index contributed by atoms with van der Waals surface area (Å²) in [7, 11) is 1.77. The van der Waals surface area contributed by atoms with Gasteiger partial charge in [0, 0.05) is 12.8 Å². The number of aliphatic hydroxyl groups is 2. The summed E-state index contributed by atoms with van der Waals surface area (Å²) in [5, 5.41) is 20.9. The molecule has 66 valence electrons. The fraction of sp³-hybridized carbons (Fsp3) is 1.00. The van der Waals surface area contributed by atoms with Gasteiger partial charge in [0.25, 0.3) is 0 Å². The van der Waals surface area contributed by atoms with E-state index in [9.17, 15) is 5.11 Å². The summed E-state index contributed by atoms with van der Waals surface area (Å²) in [6, 6.07) is 0. The first kappa shape index (κ1) is 8.93. The molecule has 0 spiro atoms. The number of nitrogens with one attached hydrogen (secondary N) is 1. The van der Waals surface area contributed by atoms with E-state index in [-0.39, 0.29) is 25.0 Å². The highest BCUT2D eigenvalue weighted by molar-refractivity contribution is 4.74. The van der Waals surface area contributed by atoms with Crippen LogP contribution in [0.4, 0.5) is 0 Å². The highest BCUT2D eigenvalue weighted by atomic mass is 16.5. The Bertz CT molecular complexity index is 108. The van der Waals surface area contributed by atoms with E-state index < -0.39 is 0 Å². The highest BCUT2D eigenvalue weighted by Crippen LogP contribution is 2.17. The lowest BCUT2D eigenvalue weighted by Crippen LogP contribution is -2.43. The Morgan fingerprint density at radius 3 is 2.82 bits per heavy atom. The SMILES string of the molecule is CNC1CC(O)CC(CO)O1. The van der Waals surface area contributed by atoms with E-state index in [1.54, 1.807) is 7.05 Å². The minimum absolute atomic E-state index is 0.0186. The van der Waals surface area contributed by atoms with Crippen LogP contribution >= 0.6 is 0 Å². The second-order valence-electron chi connectivity index (χ2n) is 2.84. The van der Waals surface area contributed by atoms with Crippen LogP contribution in [0, 0.1) is 0 Å². The zero-order valence-electron chi connectivity index (χ0n) is 6.66. The van der Waals surface area contributed by atoms with E-state index in [0.717, 1.165) is 0 Å². The van der Waals surface area contributed by atoms with Gasteiger partial charge in [0.2, 0.25) is 0 Å². The van der Waals surface area contributed by atoms with Gasteiger partial charge < -0.3 is 14.9 Å². The van der Waals surface area contributed by atoms with Crippen molar-refractivity contribution >= 4 is 0 Å². The maximum atomic E-state index is 9.28. The van der Waals surface area contributed by atoms with Gasteiger partial charge in [-0.1, -0.05) is 0 Å². The molecule has 1 saturated heterocycles. The number of hydrogen-bond acceptors (Lipinski definition) is 4. The van der Waals surface area contributed by atoms with E-state index in [4.69, 9.17) is 9.84 Å². The molecule has 0 radical (unpaired) electrons. The summed E-state index contributed by atoms with van der Waals surface area (Å²) >= 11 is 0. The summed E-state index contributed by atoms with van der Waals surface area (Å²) in [4.78, 5) is 0. The molecule has 1 aliphatic heterocycles. The van der Waals surface area contributed by atoms with Crippen LogP contribution < -0.4 is 5.32 Å². The third-order valence-electron chi connectivity index (χ3n) is 1.90. The van der Waals surface area contributed by atoms with E-state index in [0.29, 0.717) is 12.8 Å². The van der Waals surface area contributed by atoms with Crippen LogP contribution in [0.25, 0.3) is 0 Å². The molecule has 11 heavy (non-hydrogen) atoms. The van der Waals surface area contributed by atoms with Crippen molar-refractivity contribution in [2.24, 2.45) is 0 Å². The average Bonchev–Trinajstić information content (AvgIpc) is 2.03. The number of rotatable bonds is 2. The normalized spacial score (nSPS) is 39.0. The molecule has 4 heteroatoms. The van der Waals surface area contributed by atoms with Gasteiger partial charge in [0.15, 0.2) is 0 Å². The Labute approximate surface area is 66.2 Å². The van der Waals surface area contributed by atoms with Gasteiger partial charge in [-0.05, 0) is 7.05 Å². The summed E-state index contributed by atoms with van der Waals surface area (Å²) in [5.74, 6) is 0. The third-order valence-corrected chi connectivity index (χ3v) is 1.90. The quantitative estimate of drug-likeness (QED) is 0.489. The van der Waals surface area contributed by atoms with Crippen LogP contribution in [0.15, 0.2) is 0 Å². The lowest BCUT2D eigenvalue weighted by Gasteiger charge is -2.31. The van der Waals surface area contributed by atoms with Crippen LogP contribution in [-0.4, -0.2) is 42.3 Å². The van der Waals surface area contributed by atoms with Crippen molar-refractivity contribution in [3.05, 3.63) is 0 Å². The Morgan fingerprint density at radius 1 is 1.55 bits per heavy atom. The molecule has 4 nitrogen and oxygen atoms in total. The molecular formula is C7H15NO3. The minimum Gasteiger partial charge on any atom is -0.394 e. The third kappa shape index (κ3) is 2.41. The first-order valence-electron chi connectivity index (χ1n) is 3.88. The molecule has 3 atom stereocenters. The summed E-state index contributed by atoms with van der Waals surface area (Å²) in [5.41, 5.74) is 0. The van der Waals surface area contributed by atoms with Gasteiger partial charge in [-0.2, -0.15) is 0 Å². The molecular weight excluding hydrogens is 146 g/mol.